The van der Waals surface area contributed by atoms with Crippen LogP contribution < -0.4 is 8.85 Å². The van der Waals surface area contributed by atoms with Crippen molar-refractivity contribution in [1.82, 2.24) is 13.7 Å². The number of rotatable bonds is 10. The molecule has 0 heterocycles. The van der Waals surface area contributed by atoms with Crippen LogP contribution >= 0.6 is 22.9 Å². The molecule has 0 rings (SSSR count). The topological polar surface area (TPSA) is 27.3 Å². The Morgan fingerprint density at radius 1 is 1.06 bits per heavy atom. The van der Waals surface area contributed by atoms with Crippen molar-refractivity contribution < 1.29 is 0 Å². The molecular weight excluding hydrogens is 313 g/mol. The molecule has 0 saturated carbocycles. The molecule has 0 bridgehead atoms. The van der Waals surface area contributed by atoms with Crippen LogP contribution in [0, 0.1) is 5.92 Å². The second kappa shape index (κ2) is 10.7. The lowest BCUT2D eigenvalue weighted by Gasteiger charge is -2.19. The molecule has 98 valence electrons. The van der Waals surface area contributed by atoms with Gasteiger partial charge in [0.2, 0.25) is 0 Å². The van der Waals surface area contributed by atoms with Crippen molar-refractivity contribution in [2.24, 2.45) is 5.92 Å². The molecule has 0 aliphatic carbocycles. The first-order valence-electron chi connectivity index (χ1n) is 6.33. The van der Waals surface area contributed by atoms with Crippen LogP contribution in [-0.4, -0.2) is 44.2 Å². The zero-order valence-electron chi connectivity index (χ0n) is 11.2. The summed E-state index contributed by atoms with van der Waals surface area (Å²) in [5, 5.41) is 3.56. The van der Waals surface area contributed by atoms with E-state index >= 15 is 0 Å². The third-order valence-electron chi connectivity index (χ3n) is 2.99. The minimum atomic E-state index is 0.633. The van der Waals surface area contributed by atoms with Gasteiger partial charge in [0.05, 0.1) is 0 Å². The summed E-state index contributed by atoms with van der Waals surface area (Å²) >= 11 is 2.20. The lowest BCUT2D eigenvalue weighted by Crippen LogP contribution is -2.33. The van der Waals surface area contributed by atoms with Gasteiger partial charge in [-0.15, -0.1) is 0 Å². The smallest absolute Gasteiger partial charge is 0.0169 e. The summed E-state index contributed by atoms with van der Waals surface area (Å²) in [7, 11) is 2.21. The summed E-state index contributed by atoms with van der Waals surface area (Å²) in [6.45, 7) is 11.4. The van der Waals surface area contributed by atoms with Gasteiger partial charge >= 0.3 is 0 Å². The van der Waals surface area contributed by atoms with Crippen molar-refractivity contribution in [1.29, 1.82) is 0 Å². The molecule has 2 N–H and O–H groups in total. The lowest BCUT2D eigenvalue weighted by molar-refractivity contribution is 0.316. The fourth-order valence-corrected chi connectivity index (χ4v) is 1.82. The molecule has 0 spiro atoms. The molecule has 16 heavy (non-hydrogen) atoms. The van der Waals surface area contributed by atoms with E-state index in [1.807, 2.05) is 0 Å². The van der Waals surface area contributed by atoms with Crippen LogP contribution in [0.2, 0.25) is 0 Å². The highest BCUT2D eigenvalue weighted by Gasteiger charge is 2.05. The summed E-state index contributed by atoms with van der Waals surface area (Å²) in [5.41, 5.74) is 0. The van der Waals surface area contributed by atoms with Crippen LogP contribution in [-0.2, 0) is 0 Å². The Hall–Kier alpha value is 0.610. The van der Waals surface area contributed by atoms with Gasteiger partial charge in [0, 0.05) is 35.5 Å². The van der Waals surface area contributed by atoms with Gasteiger partial charge in [-0.1, -0.05) is 13.8 Å². The Kier molecular flexibility index (Phi) is 11.2. The van der Waals surface area contributed by atoms with Crippen molar-refractivity contribution >= 4 is 22.9 Å². The Morgan fingerprint density at radius 3 is 2.12 bits per heavy atom. The summed E-state index contributed by atoms with van der Waals surface area (Å²) in [6.07, 6.45) is 2.47. The quantitative estimate of drug-likeness (QED) is 0.363. The van der Waals surface area contributed by atoms with E-state index in [1.54, 1.807) is 0 Å². The van der Waals surface area contributed by atoms with Crippen LogP contribution in [0.25, 0.3) is 0 Å². The van der Waals surface area contributed by atoms with Gasteiger partial charge in [-0.2, -0.15) is 0 Å². The van der Waals surface area contributed by atoms with Crippen molar-refractivity contribution in [3.63, 3.8) is 0 Å². The van der Waals surface area contributed by atoms with Gasteiger partial charge in [0.25, 0.3) is 0 Å². The van der Waals surface area contributed by atoms with Crippen molar-refractivity contribution in [2.45, 2.75) is 39.7 Å². The number of halogens is 1. The minimum Gasteiger partial charge on any atom is -0.314 e. The van der Waals surface area contributed by atoms with E-state index in [2.05, 4.69) is 64.4 Å². The monoisotopic (exact) mass is 341 g/mol. The van der Waals surface area contributed by atoms with Gasteiger partial charge in [0.15, 0.2) is 0 Å². The molecule has 0 aliphatic heterocycles. The summed E-state index contributed by atoms with van der Waals surface area (Å²) in [4.78, 5) is 2.41. The first kappa shape index (κ1) is 16.6. The second-order valence-electron chi connectivity index (χ2n) is 4.88. The highest BCUT2D eigenvalue weighted by atomic mass is 127. The van der Waals surface area contributed by atoms with E-state index in [0.717, 1.165) is 19.0 Å². The fourth-order valence-electron chi connectivity index (χ4n) is 1.44. The van der Waals surface area contributed by atoms with Crippen LogP contribution in [0.4, 0.5) is 0 Å². The van der Waals surface area contributed by atoms with Gasteiger partial charge in [0.1, 0.15) is 0 Å². The Bertz CT molecular complexity index is 153. The van der Waals surface area contributed by atoms with E-state index in [4.69, 9.17) is 0 Å². The number of nitrogens with one attached hydrogen (secondary N) is 2. The van der Waals surface area contributed by atoms with Gasteiger partial charge in [-0.05, 0) is 52.4 Å². The summed E-state index contributed by atoms with van der Waals surface area (Å²) < 4.78 is 3.15. The molecule has 4 heteroatoms. The zero-order chi connectivity index (χ0) is 12.4. The first-order chi connectivity index (χ1) is 7.57. The van der Waals surface area contributed by atoms with Crippen molar-refractivity contribution in [3.8, 4) is 0 Å². The molecular formula is C12H28IN3. The molecule has 0 aromatic rings. The predicted octanol–water partition coefficient (Wildman–Crippen LogP) is 2.27. The average molecular weight is 341 g/mol. The molecule has 0 amide bonds. The number of hydrogen-bond acceptors (Lipinski definition) is 3. The molecule has 0 aromatic heterocycles. The Balaban J connectivity index is 3.30. The van der Waals surface area contributed by atoms with Crippen LogP contribution in [0.3, 0.4) is 0 Å². The Morgan fingerprint density at radius 2 is 1.62 bits per heavy atom. The average Bonchev–Trinajstić information content (AvgIpc) is 2.24. The van der Waals surface area contributed by atoms with Crippen LogP contribution in [0.15, 0.2) is 0 Å². The number of nitrogens with zero attached hydrogens (tertiary/aromatic N) is 1. The molecule has 0 aliphatic rings. The molecule has 0 aromatic carbocycles. The third-order valence-corrected chi connectivity index (χ3v) is 3.53. The lowest BCUT2D eigenvalue weighted by atomic mass is 10.1. The highest BCUT2D eigenvalue weighted by molar-refractivity contribution is 14.1. The molecule has 1 unspecified atom stereocenters. The van der Waals surface area contributed by atoms with E-state index in [9.17, 15) is 0 Å². The first-order valence-corrected chi connectivity index (χ1v) is 7.41. The normalized spacial score (nSPS) is 13.7. The van der Waals surface area contributed by atoms with Gasteiger partial charge in [-0.25, -0.2) is 0 Å². The number of hydrogen-bond donors (Lipinski definition) is 2. The maximum Gasteiger partial charge on any atom is 0.0169 e. The van der Waals surface area contributed by atoms with Crippen LogP contribution in [0.1, 0.15) is 33.6 Å². The maximum atomic E-state index is 3.56. The van der Waals surface area contributed by atoms with E-state index in [0.29, 0.717) is 6.04 Å². The maximum absolute atomic E-state index is 3.56. The van der Waals surface area contributed by atoms with Crippen molar-refractivity contribution in [2.75, 3.05) is 33.2 Å². The summed E-state index contributed by atoms with van der Waals surface area (Å²) in [6, 6.07) is 0.633. The SMILES string of the molecule is CC(C)C(C)NCCCN(C)CCCNI. The van der Waals surface area contributed by atoms with Crippen molar-refractivity contribution in [3.05, 3.63) is 0 Å². The van der Waals surface area contributed by atoms with Gasteiger partial charge in [-0.3, -0.25) is 3.53 Å². The minimum absolute atomic E-state index is 0.633. The van der Waals surface area contributed by atoms with Crippen LogP contribution in [0.5, 0.6) is 0 Å². The molecule has 0 fully saturated rings. The fraction of sp³-hybridized carbons (Fsp3) is 1.00. The molecule has 3 nitrogen and oxygen atoms in total. The molecule has 0 radical (unpaired) electrons. The third kappa shape index (κ3) is 9.81. The summed E-state index contributed by atoms with van der Waals surface area (Å²) in [5.74, 6) is 0.729. The van der Waals surface area contributed by atoms with E-state index in [1.165, 1.54) is 25.9 Å². The largest absolute Gasteiger partial charge is 0.314 e. The standard InChI is InChI=1S/C12H28IN3/c1-11(2)12(3)14-7-5-9-16(4)10-6-8-15-13/h11-12,14-15H,5-10H2,1-4H3. The highest BCUT2D eigenvalue weighted by Crippen LogP contribution is 1.99. The van der Waals surface area contributed by atoms with Gasteiger partial charge < -0.3 is 10.2 Å². The molecule has 1 atom stereocenters. The van der Waals surface area contributed by atoms with E-state index < -0.39 is 0 Å². The second-order valence-corrected chi connectivity index (χ2v) is 5.64. The predicted molar refractivity (Wildman–Crippen MR) is 81.1 cm³/mol. The Labute approximate surface area is 115 Å². The van der Waals surface area contributed by atoms with E-state index in [-0.39, 0.29) is 0 Å². The zero-order valence-corrected chi connectivity index (χ0v) is 13.4. The molecule has 0 saturated heterocycles.